The average molecular weight is 222 g/mol. The second-order valence-corrected chi connectivity index (χ2v) is 4.46. The maximum absolute atomic E-state index is 11.6. The Kier molecular flexibility index (Phi) is 2.70. The predicted molar refractivity (Wildman–Crippen MR) is 58.3 cm³/mol. The van der Waals surface area contributed by atoms with Gasteiger partial charge in [-0.25, -0.2) is 0 Å². The Balaban J connectivity index is 2.48. The highest BCUT2D eigenvalue weighted by atomic mass is 32.2. The third-order valence-corrected chi connectivity index (χ3v) is 3.55. The first-order valence-electron chi connectivity index (χ1n) is 4.50. The number of hydrogen-bond donors (Lipinski definition) is 0. The summed E-state index contributed by atoms with van der Waals surface area (Å²) in [5.41, 5.74) is 0.788. The summed E-state index contributed by atoms with van der Waals surface area (Å²) >= 11 is 0. The maximum atomic E-state index is 11.6. The molecule has 2 aromatic rings. The van der Waals surface area contributed by atoms with Gasteiger partial charge in [0.2, 0.25) is 0 Å². The normalized spacial score (nSPS) is 11.7. The van der Waals surface area contributed by atoms with Crippen LogP contribution in [-0.4, -0.2) is 17.6 Å². The van der Waals surface area contributed by atoms with E-state index in [1.165, 1.54) is 7.11 Å². The van der Waals surface area contributed by atoms with Crippen molar-refractivity contribution in [2.24, 2.45) is 0 Å². The molecule has 0 saturated carbocycles. The molecule has 4 heteroatoms. The number of rotatable bonds is 2. The number of carbonyl (C=O) groups excluding carboxylic acids is 1. The lowest BCUT2D eigenvalue weighted by Crippen LogP contribution is -2.03. The molecule has 15 heavy (non-hydrogen) atoms. The van der Waals surface area contributed by atoms with Crippen LogP contribution in [0.3, 0.4) is 0 Å². The number of carbonyl (C=O) groups is 1. The van der Waals surface area contributed by atoms with E-state index in [4.69, 9.17) is 0 Å². The monoisotopic (exact) mass is 222 g/mol. The molecule has 0 saturated heterocycles. The smallest absolute Gasteiger partial charge is 0.310 e. The van der Waals surface area contributed by atoms with Gasteiger partial charge >= 0.3 is 5.97 Å². The van der Waals surface area contributed by atoms with Crippen LogP contribution in [0, 0.1) is 0 Å². The highest BCUT2D eigenvalue weighted by molar-refractivity contribution is 7.30. The van der Waals surface area contributed by atoms with Gasteiger partial charge in [-0.3, -0.25) is 4.79 Å². The Morgan fingerprint density at radius 3 is 2.93 bits per heavy atom. The van der Waals surface area contributed by atoms with Crippen LogP contribution >= 0.6 is 10.8 Å². The molecule has 0 spiro atoms. The molecule has 3 nitrogen and oxygen atoms in total. The third kappa shape index (κ3) is 1.86. The molecule has 0 aliphatic rings. The Morgan fingerprint density at radius 2 is 2.20 bits per heavy atom. The summed E-state index contributed by atoms with van der Waals surface area (Å²) < 4.78 is 17.0. The molecule has 1 heterocycles. The summed E-state index contributed by atoms with van der Waals surface area (Å²) in [6, 6.07) is 7.39. The van der Waals surface area contributed by atoms with Crippen LogP contribution in [-0.2, 0) is 16.0 Å². The molecular formula is C11H10O3S. The summed E-state index contributed by atoms with van der Waals surface area (Å²) in [6.07, 6.45) is 0.180. The lowest BCUT2D eigenvalue weighted by atomic mass is 10.1. The van der Waals surface area contributed by atoms with Crippen molar-refractivity contribution >= 4 is 26.8 Å². The number of thiophene rings is 1. The Morgan fingerprint density at radius 1 is 1.47 bits per heavy atom. The Bertz CT molecular complexity index is 502. The zero-order chi connectivity index (χ0) is 10.8. The van der Waals surface area contributed by atoms with Crippen LogP contribution in [0.15, 0.2) is 29.6 Å². The quantitative estimate of drug-likeness (QED) is 0.578. The van der Waals surface area contributed by atoms with Crippen molar-refractivity contribution in [1.29, 1.82) is 0 Å². The van der Waals surface area contributed by atoms with Crippen molar-refractivity contribution in [3.05, 3.63) is 35.2 Å². The molecular weight excluding hydrogens is 212 g/mol. The number of hydrogen-bond acceptors (Lipinski definition) is 3. The molecule has 2 rings (SSSR count). The van der Waals surface area contributed by atoms with E-state index in [1.807, 2.05) is 24.3 Å². The van der Waals surface area contributed by atoms with Crippen LogP contribution < -0.4 is 0 Å². The minimum Gasteiger partial charge on any atom is -0.590 e. The van der Waals surface area contributed by atoms with Gasteiger partial charge in [0.1, 0.15) is 5.38 Å². The van der Waals surface area contributed by atoms with Gasteiger partial charge in [-0.15, -0.1) is 0 Å². The first-order chi connectivity index (χ1) is 7.22. The van der Waals surface area contributed by atoms with Gasteiger partial charge in [-0.2, -0.15) is 0 Å². The van der Waals surface area contributed by atoms with E-state index in [2.05, 4.69) is 4.74 Å². The fourth-order valence-electron chi connectivity index (χ4n) is 1.53. The number of esters is 1. The molecule has 0 fully saturated rings. The Hall–Kier alpha value is -1.39. The molecule has 0 amide bonds. The van der Waals surface area contributed by atoms with Gasteiger partial charge in [-0.1, -0.05) is 12.1 Å². The van der Waals surface area contributed by atoms with E-state index in [-0.39, 0.29) is 12.4 Å². The van der Waals surface area contributed by atoms with Crippen molar-refractivity contribution in [3.63, 3.8) is 0 Å². The van der Waals surface area contributed by atoms with Crippen LogP contribution in [0.5, 0.6) is 0 Å². The minimum absolute atomic E-state index is 0.180. The summed E-state index contributed by atoms with van der Waals surface area (Å²) in [7, 11) is 0.232. The lowest BCUT2D eigenvalue weighted by Gasteiger charge is -1.95. The standard InChI is InChI=1S/C11H10O3S/c1-14-11(12)6-8-7-15(13)10-5-3-2-4-9(8)10/h2-5,7H,6H2,1H3. The van der Waals surface area contributed by atoms with E-state index < -0.39 is 10.8 Å². The largest absolute Gasteiger partial charge is 0.590 e. The first kappa shape index (κ1) is 10.1. The highest BCUT2D eigenvalue weighted by Gasteiger charge is 2.14. The molecule has 0 aliphatic heterocycles. The summed E-state index contributed by atoms with van der Waals surface area (Å²) in [4.78, 5) is 11.1. The zero-order valence-electron chi connectivity index (χ0n) is 8.23. The Labute approximate surface area is 90.1 Å². The molecule has 1 aromatic heterocycles. The average Bonchev–Trinajstić information content (AvgIpc) is 2.57. The number of fused-ring (bicyclic) bond motifs is 1. The molecule has 1 aromatic carbocycles. The number of ether oxygens (including phenoxy) is 1. The minimum atomic E-state index is -1.12. The molecule has 0 radical (unpaired) electrons. The van der Waals surface area contributed by atoms with Gasteiger partial charge in [0.15, 0.2) is 4.70 Å². The van der Waals surface area contributed by atoms with Gasteiger partial charge in [0.05, 0.1) is 13.5 Å². The summed E-state index contributed by atoms with van der Waals surface area (Å²) in [5.74, 6) is -0.310. The summed E-state index contributed by atoms with van der Waals surface area (Å²) in [6.45, 7) is 0. The molecule has 0 aliphatic carbocycles. The second-order valence-electron chi connectivity index (χ2n) is 3.19. The summed E-state index contributed by atoms with van der Waals surface area (Å²) in [5, 5.41) is 2.50. The van der Waals surface area contributed by atoms with E-state index in [1.54, 1.807) is 5.38 Å². The SMILES string of the molecule is COC(=O)Cc1c[s+]([O-])c2ccccc12. The second kappa shape index (κ2) is 4.00. The maximum Gasteiger partial charge on any atom is 0.310 e. The van der Waals surface area contributed by atoms with Gasteiger partial charge < -0.3 is 9.29 Å². The van der Waals surface area contributed by atoms with Crippen LogP contribution in [0.4, 0.5) is 0 Å². The highest BCUT2D eigenvalue weighted by Crippen LogP contribution is 2.32. The van der Waals surface area contributed by atoms with E-state index in [0.29, 0.717) is 0 Å². The fourth-order valence-corrected chi connectivity index (χ4v) is 2.75. The molecule has 0 bridgehead atoms. The lowest BCUT2D eigenvalue weighted by molar-refractivity contribution is -0.139. The van der Waals surface area contributed by atoms with Gasteiger partial charge in [0, 0.05) is 10.9 Å². The zero-order valence-corrected chi connectivity index (χ0v) is 9.04. The fraction of sp³-hybridized carbons (Fsp3) is 0.182. The topological polar surface area (TPSA) is 49.4 Å². The van der Waals surface area contributed by atoms with Crippen LogP contribution in [0.1, 0.15) is 5.56 Å². The van der Waals surface area contributed by atoms with Crippen molar-refractivity contribution in [1.82, 2.24) is 0 Å². The number of benzene rings is 1. The van der Waals surface area contributed by atoms with Gasteiger partial charge in [-0.05, 0) is 22.9 Å². The van der Waals surface area contributed by atoms with Crippen molar-refractivity contribution < 1.29 is 14.1 Å². The van der Waals surface area contributed by atoms with Crippen molar-refractivity contribution in [2.75, 3.05) is 7.11 Å². The van der Waals surface area contributed by atoms with E-state index in [9.17, 15) is 9.35 Å². The van der Waals surface area contributed by atoms with Crippen LogP contribution in [0.2, 0.25) is 0 Å². The van der Waals surface area contributed by atoms with Gasteiger partial charge in [0.25, 0.3) is 0 Å². The molecule has 78 valence electrons. The number of methoxy groups -OCH3 is 1. The molecule has 1 atom stereocenters. The first-order valence-corrected chi connectivity index (χ1v) is 5.71. The predicted octanol–water partition coefficient (Wildman–Crippen LogP) is 2.28. The van der Waals surface area contributed by atoms with Crippen LogP contribution in [0.25, 0.3) is 10.1 Å². The molecule has 0 N–H and O–H groups in total. The van der Waals surface area contributed by atoms with E-state index in [0.717, 1.165) is 15.6 Å². The third-order valence-electron chi connectivity index (χ3n) is 2.26. The molecule has 1 unspecified atom stereocenters. The van der Waals surface area contributed by atoms with Crippen molar-refractivity contribution in [3.8, 4) is 0 Å². The van der Waals surface area contributed by atoms with E-state index >= 15 is 0 Å². The van der Waals surface area contributed by atoms with Crippen molar-refractivity contribution in [2.45, 2.75) is 6.42 Å².